The summed E-state index contributed by atoms with van der Waals surface area (Å²) in [7, 11) is 0. The number of anilines is 2. The molecule has 13 nitrogen and oxygen atoms in total. The fourth-order valence-electron chi connectivity index (χ4n) is 4.21. The topological polar surface area (TPSA) is 201 Å². The normalized spacial score (nSPS) is 19.1. The number of amides is 3. The molecular formula is C27H31N5O8. The number of nitrogens with two attached hydrogens (primary N) is 1. The summed E-state index contributed by atoms with van der Waals surface area (Å²) in [5, 5.41) is 20.3. The number of hydrogen-bond acceptors (Lipinski definition) is 8. The van der Waals surface area contributed by atoms with E-state index in [0.29, 0.717) is 41.9 Å². The number of likely N-dealkylation sites (tertiary alicyclic amines) is 1. The molecule has 2 aromatic rings. The molecule has 2 aliphatic heterocycles. The average Bonchev–Trinajstić information content (AvgIpc) is 3.39. The van der Waals surface area contributed by atoms with Crippen LogP contribution >= 0.6 is 0 Å². The molecule has 2 atom stereocenters. The number of carboxylic acids is 1. The predicted octanol–water partition coefficient (Wildman–Crippen LogP) is 1.96. The minimum absolute atomic E-state index is 0.0981. The van der Waals surface area contributed by atoms with E-state index in [0.717, 1.165) is 6.92 Å². The maximum Gasteiger partial charge on any atom is 0.328 e. The smallest absolute Gasteiger partial charge is 0.328 e. The van der Waals surface area contributed by atoms with Crippen LogP contribution in [-0.4, -0.2) is 70.3 Å². The summed E-state index contributed by atoms with van der Waals surface area (Å²) >= 11 is 0. The molecule has 0 aliphatic carbocycles. The average molecular weight is 554 g/mol. The van der Waals surface area contributed by atoms with Crippen molar-refractivity contribution >= 4 is 46.9 Å². The van der Waals surface area contributed by atoms with Gasteiger partial charge in [0, 0.05) is 30.3 Å². The molecule has 3 amide bonds. The number of nitrogen functional groups attached to an aromatic ring is 1. The first-order valence-electron chi connectivity index (χ1n) is 12.4. The van der Waals surface area contributed by atoms with Gasteiger partial charge in [0.05, 0.1) is 12.3 Å². The van der Waals surface area contributed by atoms with Gasteiger partial charge in [0.1, 0.15) is 17.6 Å². The third-order valence-corrected chi connectivity index (χ3v) is 6.17. The van der Waals surface area contributed by atoms with Gasteiger partial charge in [-0.05, 0) is 57.0 Å². The largest absolute Gasteiger partial charge is 0.481 e. The van der Waals surface area contributed by atoms with Crippen molar-refractivity contribution in [1.29, 1.82) is 5.41 Å². The van der Waals surface area contributed by atoms with Gasteiger partial charge in [0.25, 0.3) is 29.3 Å². The van der Waals surface area contributed by atoms with Crippen LogP contribution in [0.15, 0.2) is 42.5 Å². The van der Waals surface area contributed by atoms with Crippen LogP contribution in [0.25, 0.3) is 0 Å². The zero-order valence-corrected chi connectivity index (χ0v) is 22.3. The Labute approximate surface area is 230 Å². The van der Waals surface area contributed by atoms with Gasteiger partial charge >= 0.3 is 5.97 Å². The number of carbonyl (C=O) groups is 5. The number of amidine groups is 1. The number of rotatable bonds is 6. The van der Waals surface area contributed by atoms with Crippen LogP contribution < -0.4 is 21.1 Å². The third kappa shape index (κ3) is 6.54. The molecular weight excluding hydrogens is 522 g/mol. The van der Waals surface area contributed by atoms with E-state index in [-0.39, 0.29) is 18.2 Å². The lowest BCUT2D eigenvalue weighted by Crippen LogP contribution is -2.61. The highest BCUT2D eigenvalue weighted by molar-refractivity contribution is 6.16. The van der Waals surface area contributed by atoms with Crippen molar-refractivity contribution in [2.75, 3.05) is 23.8 Å². The van der Waals surface area contributed by atoms with E-state index in [4.69, 9.17) is 30.5 Å². The third-order valence-electron chi connectivity index (χ3n) is 6.17. The SMILES string of the molecule is CC(=O)O.CCOC(=O)[C@@H]1CCCN1C(=O)[C@]1(C)Oc2ccc(NC(=O)c3ccc(C(=N)N)cc3)cc2NC1=O. The molecule has 0 unspecified atom stereocenters. The highest BCUT2D eigenvalue weighted by Gasteiger charge is 2.52. The number of carbonyl (C=O) groups excluding carboxylic acids is 4. The molecule has 1 saturated heterocycles. The van der Waals surface area contributed by atoms with Crippen LogP contribution in [0.4, 0.5) is 11.4 Å². The minimum atomic E-state index is -1.87. The maximum atomic E-state index is 13.4. The van der Waals surface area contributed by atoms with Crippen molar-refractivity contribution in [2.45, 2.75) is 45.3 Å². The van der Waals surface area contributed by atoms with Crippen LogP contribution in [0.3, 0.4) is 0 Å². The Morgan fingerprint density at radius 1 is 1.20 bits per heavy atom. The summed E-state index contributed by atoms with van der Waals surface area (Å²) in [6, 6.07) is 10.1. The number of benzene rings is 2. The Kier molecular flexibility index (Phi) is 9.09. The Morgan fingerprint density at radius 2 is 1.82 bits per heavy atom. The van der Waals surface area contributed by atoms with Crippen molar-refractivity contribution in [3.8, 4) is 5.75 Å². The standard InChI is InChI=1S/C25H27N5O6.C2H4O2/c1-3-35-22(32)18-5-4-12-30(18)24(34)25(2)23(33)29-17-13-16(10-11-19(17)36-25)28-21(31)15-8-6-14(7-9-15)20(26)27;1-2(3)4/h6-11,13,18H,3-5,12H2,1-2H3,(H3,26,27)(H,28,31)(H,29,33);1H3,(H,3,4)/t18-,25+;/m0./s1. The van der Waals surface area contributed by atoms with Crippen LogP contribution in [0.5, 0.6) is 5.75 Å². The van der Waals surface area contributed by atoms with Gasteiger partial charge in [-0.15, -0.1) is 0 Å². The van der Waals surface area contributed by atoms with Gasteiger partial charge in [0.2, 0.25) is 0 Å². The van der Waals surface area contributed by atoms with Gasteiger partial charge in [-0.1, -0.05) is 12.1 Å². The quantitative estimate of drug-likeness (QED) is 0.153. The highest BCUT2D eigenvalue weighted by atomic mass is 16.5. The zero-order chi connectivity index (χ0) is 29.6. The molecule has 2 aliphatic rings. The van der Waals surface area contributed by atoms with E-state index in [2.05, 4.69) is 10.6 Å². The predicted molar refractivity (Wildman–Crippen MR) is 144 cm³/mol. The summed E-state index contributed by atoms with van der Waals surface area (Å²) in [6.07, 6.45) is 1.07. The summed E-state index contributed by atoms with van der Waals surface area (Å²) in [6.45, 7) is 4.66. The van der Waals surface area contributed by atoms with Gasteiger partial charge in [-0.25, -0.2) is 4.79 Å². The number of aliphatic carboxylic acids is 1. The monoisotopic (exact) mass is 553 g/mol. The molecule has 0 spiro atoms. The summed E-state index contributed by atoms with van der Waals surface area (Å²) < 4.78 is 11.0. The molecule has 0 bridgehead atoms. The fourth-order valence-corrected chi connectivity index (χ4v) is 4.21. The van der Waals surface area contributed by atoms with Gasteiger partial charge in [0.15, 0.2) is 0 Å². The van der Waals surface area contributed by atoms with Crippen molar-refractivity contribution in [2.24, 2.45) is 5.73 Å². The molecule has 6 N–H and O–H groups in total. The Bertz CT molecular complexity index is 1340. The molecule has 212 valence electrons. The van der Waals surface area contributed by atoms with Crippen LogP contribution in [0.2, 0.25) is 0 Å². The zero-order valence-electron chi connectivity index (χ0n) is 22.3. The second kappa shape index (κ2) is 12.3. The number of ether oxygens (including phenoxy) is 2. The molecule has 2 heterocycles. The first-order chi connectivity index (χ1) is 18.9. The number of hydrogen-bond donors (Lipinski definition) is 5. The van der Waals surface area contributed by atoms with E-state index >= 15 is 0 Å². The van der Waals surface area contributed by atoms with Gasteiger partial charge < -0.3 is 35.8 Å². The molecule has 4 rings (SSSR count). The van der Waals surface area contributed by atoms with Gasteiger partial charge in [-0.2, -0.15) is 0 Å². The second-order valence-electron chi connectivity index (χ2n) is 9.17. The lowest BCUT2D eigenvalue weighted by Gasteiger charge is -2.37. The van der Waals surface area contributed by atoms with Crippen molar-refractivity contribution < 1.29 is 38.6 Å². The molecule has 13 heteroatoms. The van der Waals surface area contributed by atoms with E-state index in [1.54, 1.807) is 43.3 Å². The number of nitrogens with one attached hydrogen (secondary N) is 3. The lowest BCUT2D eigenvalue weighted by molar-refractivity contribution is -0.162. The van der Waals surface area contributed by atoms with Crippen molar-refractivity contribution in [1.82, 2.24) is 4.90 Å². The van der Waals surface area contributed by atoms with Gasteiger partial charge in [-0.3, -0.25) is 24.6 Å². The first kappa shape index (κ1) is 29.6. The molecule has 2 aromatic carbocycles. The molecule has 1 fully saturated rings. The van der Waals surface area contributed by atoms with Crippen molar-refractivity contribution in [3.63, 3.8) is 0 Å². The number of nitrogens with zero attached hydrogens (tertiary/aromatic N) is 1. The number of carboxylic acid groups (broad SMARTS) is 1. The molecule has 0 saturated carbocycles. The lowest BCUT2D eigenvalue weighted by atomic mass is 10.00. The van der Waals surface area contributed by atoms with E-state index < -0.39 is 41.3 Å². The Morgan fingerprint density at radius 3 is 2.42 bits per heavy atom. The molecule has 40 heavy (non-hydrogen) atoms. The molecule has 0 radical (unpaired) electrons. The summed E-state index contributed by atoms with van der Waals surface area (Å²) in [5.41, 5.74) is 5.12. The van der Waals surface area contributed by atoms with E-state index in [1.807, 2.05) is 0 Å². The summed E-state index contributed by atoms with van der Waals surface area (Å²) in [4.78, 5) is 61.6. The highest BCUT2D eigenvalue weighted by Crippen LogP contribution is 2.37. The van der Waals surface area contributed by atoms with Crippen LogP contribution in [-0.2, 0) is 23.9 Å². The number of esters is 1. The maximum absolute atomic E-state index is 13.4. The minimum Gasteiger partial charge on any atom is -0.481 e. The second-order valence-corrected chi connectivity index (χ2v) is 9.17. The summed E-state index contributed by atoms with van der Waals surface area (Å²) in [5.74, 6) is -2.88. The van der Waals surface area contributed by atoms with Crippen LogP contribution in [0.1, 0.15) is 49.5 Å². The Hall–Kier alpha value is -4.94. The fraction of sp³-hybridized carbons (Fsp3) is 0.333. The first-order valence-corrected chi connectivity index (χ1v) is 12.4. The molecule has 0 aromatic heterocycles. The van der Waals surface area contributed by atoms with Crippen molar-refractivity contribution in [3.05, 3.63) is 53.6 Å². The van der Waals surface area contributed by atoms with E-state index in [1.165, 1.54) is 17.9 Å². The van der Waals surface area contributed by atoms with Crippen LogP contribution in [0, 0.1) is 5.41 Å². The van der Waals surface area contributed by atoms with E-state index in [9.17, 15) is 19.2 Å². The Balaban J connectivity index is 0.00000103. The number of fused-ring (bicyclic) bond motifs is 1.